The first kappa shape index (κ1) is 22.6. The largest absolute Gasteiger partial charge is 0.397 e. The molecule has 166 valence electrons. The molecular formula is C24H24Br2N4O2. The van der Waals surface area contributed by atoms with Gasteiger partial charge in [-0.3, -0.25) is 13.9 Å². The van der Waals surface area contributed by atoms with Gasteiger partial charge in [0.05, 0.1) is 22.3 Å². The maximum Gasteiger partial charge on any atom is 0.330 e. The number of hydrogen-bond acceptors (Lipinski definition) is 3. The average molecular weight is 560 g/mol. The van der Waals surface area contributed by atoms with Gasteiger partial charge in [-0.1, -0.05) is 45.0 Å². The Morgan fingerprint density at radius 2 is 1.47 bits per heavy atom. The lowest BCUT2D eigenvalue weighted by atomic mass is 9.86. The normalized spacial score (nSPS) is 12.0. The van der Waals surface area contributed by atoms with Crippen LogP contribution in [0.4, 0.5) is 5.69 Å². The van der Waals surface area contributed by atoms with Crippen molar-refractivity contribution >= 4 is 48.5 Å². The van der Waals surface area contributed by atoms with Gasteiger partial charge < -0.3 is 10.3 Å². The Morgan fingerprint density at radius 3 is 2.00 bits per heavy atom. The molecule has 0 spiro atoms. The van der Waals surface area contributed by atoms with Crippen LogP contribution in [0, 0.1) is 0 Å². The molecule has 2 heterocycles. The third kappa shape index (κ3) is 3.55. The number of anilines is 1. The van der Waals surface area contributed by atoms with Crippen molar-refractivity contribution in [2.24, 2.45) is 14.1 Å². The predicted molar refractivity (Wildman–Crippen MR) is 138 cm³/mol. The lowest BCUT2D eigenvalue weighted by molar-refractivity contribution is 0.590. The van der Waals surface area contributed by atoms with Crippen molar-refractivity contribution < 1.29 is 0 Å². The van der Waals surface area contributed by atoms with E-state index in [0.717, 1.165) is 30.5 Å². The molecule has 0 aliphatic carbocycles. The van der Waals surface area contributed by atoms with Gasteiger partial charge in [-0.25, -0.2) is 4.79 Å². The van der Waals surface area contributed by atoms with Crippen LogP contribution in [-0.4, -0.2) is 13.7 Å². The van der Waals surface area contributed by atoms with Gasteiger partial charge in [0.25, 0.3) is 5.56 Å². The van der Waals surface area contributed by atoms with Crippen molar-refractivity contribution in [3.63, 3.8) is 0 Å². The highest BCUT2D eigenvalue weighted by atomic mass is 79.9. The number of benzene rings is 2. The van der Waals surface area contributed by atoms with E-state index in [1.807, 2.05) is 35.0 Å². The van der Waals surface area contributed by atoms with E-state index in [-0.39, 0.29) is 16.7 Å². The molecule has 0 radical (unpaired) electrons. The van der Waals surface area contributed by atoms with Crippen molar-refractivity contribution in [3.8, 4) is 16.9 Å². The molecule has 0 bridgehead atoms. The Kier molecular flexibility index (Phi) is 5.49. The standard InChI is InChI=1S/C24H24Br2N4O2/c1-24(2,3)14-8-6-13(7-9-14)21-19-18(28(4)23(32)29(5)22(19)31)12-30(21)15-10-16(25)20(27)17(26)11-15/h6-12H,27H2,1-5H3. The molecule has 0 aliphatic heterocycles. The Labute approximate surface area is 202 Å². The second kappa shape index (κ2) is 7.78. The summed E-state index contributed by atoms with van der Waals surface area (Å²) in [5.74, 6) is 0. The molecule has 0 aliphatic rings. The van der Waals surface area contributed by atoms with Crippen molar-refractivity contribution in [2.75, 3.05) is 5.73 Å². The first-order valence-corrected chi connectivity index (χ1v) is 11.7. The maximum atomic E-state index is 13.3. The van der Waals surface area contributed by atoms with Crippen molar-refractivity contribution in [1.29, 1.82) is 0 Å². The molecule has 6 nitrogen and oxygen atoms in total. The van der Waals surface area contributed by atoms with Crippen LogP contribution in [0.5, 0.6) is 0 Å². The number of nitrogen functional groups attached to an aromatic ring is 1. The number of fused-ring (bicyclic) bond motifs is 1. The van der Waals surface area contributed by atoms with Crippen LogP contribution in [0.1, 0.15) is 26.3 Å². The quantitative estimate of drug-likeness (QED) is 0.347. The molecule has 0 amide bonds. The molecule has 8 heteroatoms. The zero-order chi connectivity index (χ0) is 23.5. The molecule has 2 aromatic heterocycles. The summed E-state index contributed by atoms with van der Waals surface area (Å²) in [6, 6.07) is 12.0. The third-order valence-electron chi connectivity index (χ3n) is 5.81. The van der Waals surface area contributed by atoms with E-state index < -0.39 is 0 Å². The Morgan fingerprint density at radius 1 is 0.906 bits per heavy atom. The molecule has 32 heavy (non-hydrogen) atoms. The highest BCUT2D eigenvalue weighted by molar-refractivity contribution is 9.11. The van der Waals surface area contributed by atoms with Gasteiger partial charge >= 0.3 is 5.69 Å². The van der Waals surface area contributed by atoms with Gasteiger partial charge in [0, 0.05) is 34.9 Å². The number of hydrogen-bond donors (Lipinski definition) is 1. The van der Waals surface area contributed by atoms with Gasteiger partial charge in [0.2, 0.25) is 0 Å². The van der Waals surface area contributed by atoms with Crippen molar-refractivity contribution in [3.05, 3.63) is 77.9 Å². The highest BCUT2D eigenvalue weighted by Gasteiger charge is 2.22. The lowest BCUT2D eigenvalue weighted by Gasteiger charge is -2.19. The number of nitrogens with two attached hydrogens (primary N) is 1. The Hall–Kier alpha value is -2.58. The van der Waals surface area contributed by atoms with E-state index in [1.165, 1.54) is 17.2 Å². The Balaban J connectivity index is 2.14. The maximum absolute atomic E-state index is 13.3. The number of rotatable bonds is 2. The molecule has 0 unspecified atom stereocenters. The van der Waals surface area contributed by atoms with E-state index in [4.69, 9.17) is 5.73 Å². The summed E-state index contributed by atoms with van der Waals surface area (Å²) >= 11 is 7.03. The molecular weight excluding hydrogens is 536 g/mol. The minimum absolute atomic E-state index is 0.00924. The van der Waals surface area contributed by atoms with Crippen LogP contribution in [0.15, 0.2) is 61.1 Å². The first-order valence-electron chi connectivity index (χ1n) is 10.1. The minimum Gasteiger partial charge on any atom is -0.397 e. The number of halogens is 2. The van der Waals surface area contributed by atoms with Crippen molar-refractivity contribution in [2.45, 2.75) is 26.2 Å². The van der Waals surface area contributed by atoms with Crippen LogP contribution in [-0.2, 0) is 19.5 Å². The number of aromatic nitrogens is 3. The predicted octanol–water partition coefficient (Wildman–Crippen LogP) is 5.10. The number of nitrogens with zero attached hydrogens (tertiary/aromatic N) is 3. The molecule has 2 N–H and O–H groups in total. The summed E-state index contributed by atoms with van der Waals surface area (Å²) in [6.45, 7) is 6.49. The monoisotopic (exact) mass is 558 g/mol. The molecule has 0 saturated carbocycles. The average Bonchev–Trinajstić information content (AvgIpc) is 3.14. The van der Waals surface area contributed by atoms with Gasteiger partial charge in [-0.2, -0.15) is 0 Å². The molecule has 4 aromatic rings. The summed E-state index contributed by atoms with van der Waals surface area (Å²) in [5, 5.41) is 0.488. The fourth-order valence-corrected chi connectivity index (χ4v) is 5.03. The third-order valence-corrected chi connectivity index (χ3v) is 7.12. The van der Waals surface area contributed by atoms with E-state index in [9.17, 15) is 9.59 Å². The lowest BCUT2D eigenvalue weighted by Crippen LogP contribution is -2.36. The van der Waals surface area contributed by atoms with Gasteiger partial charge in [-0.05, 0) is 60.5 Å². The van der Waals surface area contributed by atoms with E-state index in [2.05, 4.69) is 64.8 Å². The SMILES string of the molecule is Cn1c(=O)c2c(-c3ccc(C(C)(C)C)cc3)n(-c3cc(Br)c(N)c(Br)c3)cc2n(C)c1=O. The van der Waals surface area contributed by atoms with Crippen LogP contribution < -0.4 is 17.0 Å². The fourth-order valence-electron chi connectivity index (χ4n) is 3.87. The molecule has 4 rings (SSSR count). The van der Waals surface area contributed by atoms with E-state index in [0.29, 0.717) is 16.6 Å². The topological polar surface area (TPSA) is 75.0 Å². The van der Waals surface area contributed by atoms with E-state index in [1.54, 1.807) is 7.05 Å². The molecule has 2 aromatic carbocycles. The zero-order valence-electron chi connectivity index (χ0n) is 18.5. The Bertz CT molecular complexity index is 1460. The second-order valence-corrected chi connectivity index (χ2v) is 10.7. The smallest absolute Gasteiger partial charge is 0.330 e. The zero-order valence-corrected chi connectivity index (χ0v) is 21.7. The molecule has 0 atom stereocenters. The van der Waals surface area contributed by atoms with Crippen LogP contribution in [0.3, 0.4) is 0 Å². The van der Waals surface area contributed by atoms with E-state index >= 15 is 0 Å². The van der Waals surface area contributed by atoms with Crippen molar-refractivity contribution in [1.82, 2.24) is 13.7 Å². The summed E-state index contributed by atoms with van der Waals surface area (Å²) in [6.07, 6.45) is 1.83. The highest BCUT2D eigenvalue weighted by Crippen LogP contribution is 2.36. The summed E-state index contributed by atoms with van der Waals surface area (Å²) in [5.41, 5.74) is 10.2. The molecule has 0 saturated heterocycles. The van der Waals surface area contributed by atoms with Crippen LogP contribution in [0.25, 0.3) is 27.8 Å². The van der Waals surface area contributed by atoms with Crippen LogP contribution in [0.2, 0.25) is 0 Å². The minimum atomic E-state index is -0.367. The van der Waals surface area contributed by atoms with Crippen LogP contribution >= 0.6 is 31.9 Å². The number of aryl methyl sites for hydroxylation is 1. The molecule has 0 fully saturated rings. The fraction of sp³-hybridized carbons (Fsp3) is 0.250. The first-order chi connectivity index (χ1) is 14.9. The van der Waals surface area contributed by atoms with Gasteiger partial charge in [0.15, 0.2) is 0 Å². The summed E-state index contributed by atoms with van der Waals surface area (Å²) < 4.78 is 6.05. The van der Waals surface area contributed by atoms with Gasteiger partial charge in [-0.15, -0.1) is 0 Å². The van der Waals surface area contributed by atoms with Gasteiger partial charge in [0.1, 0.15) is 0 Å². The summed E-state index contributed by atoms with van der Waals surface area (Å²) in [7, 11) is 3.18. The summed E-state index contributed by atoms with van der Waals surface area (Å²) in [4.78, 5) is 25.8. The second-order valence-electron chi connectivity index (χ2n) is 8.96.